The van der Waals surface area contributed by atoms with E-state index in [1.54, 1.807) is 18.7 Å². The van der Waals surface area contributed by atoms with Gasteiger partial charge in [0.15, 0.2) is 5.82 Å². The molecule has 0 aliphatic carbocycles. The average molecular weight is 279 g/mol. The Labute approximate surface area is 115 Å². The van der Waals surface area contributed by atoms with Gasteiger partial charge >= 0.3 is 5.76 Å². The van der Waals surface area contributed by atoms with Crippen LogP contribution in [0, 0.1) is 13.8 Å². The van der Waals surface area contributed by atoms with Crippen molar-refractivity contribution in [2.75, 3.05) is 7.05 Å². The SMILES string of the molecule is CCn1nc(C)c(C(=O)N(C)Cc2noc(=O)[nH]2)c1C. The molecule has 0 saturated carbocycles. The molecule has 0 saturated heterocycles. The van der Waals surface area contributed by atoms with Crippen LogP contribution >= 0.6 is 0 Å². The van der Waals surface area contributed by atoms with Crippen LogP contribution in [0.3, 0.4) is 0 Å². The van der Waals surface area contributed by atoms with Crippen LogP contribution in [-0.2, 0) is 13.1 Å². The lowest BCUT2D eigenvalue weighted by Gasteiger charge is -2.15. The highest BCUT2D eigenvalue weighted by Gasteiger charge is 2.22. The Balaban J connectivity index is 2.22. The van der Waals surface area contributed by atoms with Gasteiger partial charge in [0, 0.05) is 19.3 Å². The fourth-order valence-corrected chi connectivity index (χ4v) is 2.13. The van der Waals surface area contributed by atoms with Gasteiger partial charge in [0.05, 0.1) is 17.8 Å². The number of hydrogen-bond donors (Lipinski definition) is 1. The monoisotopic (exact) mass is 279 g/mol. The highest BCUT2D eigenvalue weighted by atomic mass is 16.5. The number of aryl methyl sites for hydroxylation is 2. The van der Waals surface area contributed by atoms with E-state index in [1.165, 1.54) is 4.90 Å². The summed E-state index contributed by atoms with van der Waals surface area (Å²) in [4.78, 5) is 27.2. The molecule has 1 amide bonds. The summed E-state index contributed by atoms with van der Waals surface area (Å²) in [6.45, 7) is 6.51. The van der Waals surface area contributed by atoms with Crippen molar-refractivity contribution in [3.05, 3.63) is 33.3 Å². The minimum atomic E-state index is -0.632. The van der Waals surface area contributed by atoms with Crippen molar-refractivity contribution in [3.8, 4) is 0 Å². The third-order valence-electron chi connectivity index (χ3n) is 3.11. The fraction of sp³-hybridized carbons (Fsp3) is 0.500. The Bertz CT molecular complexity index is 682. The first-order valence-corrected chi connectivity index (χ1v) is 6.28. The van der Waals surface area contributed by atoms with Gasteiger partial charge in [-0.05, 0) is 20.8 Å². The van der Waals surface area contributed by atoms with Crippen molar-refractivity contribution in [2.45, 2.75) is 33.9 Å². The van der Waals surface area contributed by atoms with Crippen molar-refractivity contribution in [1.29, 1.82) is 0 Å². The third kappa shape index (κ3) is 2.49. The maximum absolute atomic E-state index is 12.4. The van der Waals surface area contributed by atoms with Crippen LogP contribution in [0.4, 0.5) is 0 Å². The first-order chi connectivity index (χ1) is 9.43. The number of aromatic nitrogens is 4. The summed E-state index contributed by atoms with van der Waals surface area (Å²) in [5, 5.41) is 7.86. The lowest BCUT2D eigenvalue weighted by atomic mass is 10.1. The van der Waals surface area contributed by atoms with Crippen LogP contribution in [0.2, 0.25) is 0 Å². The highest BCUT2D eigenvalue weighted by Crippen LogP contribution is 2.15. The lowest BCUT2D eigenvalue weighted by Crippen LogP contribution is -2.28. The summed E-state index contributed by atoms with van der Waals surface area (Å²) >= 11 is 0. The van der Waals surface area contributed by atoms with Gasteiger partial charge < -0.3 is 4.90 Å². The molecule has 0 spiro atoms. The first-order valence-electron chi connectivity index (χ1n) is 6.28. The van der Waals surface area contributed by atoms with E-state index in [0.29, 0.717) is 23.6 Å². The molecule has 0 radical (unpaired) electrons. The number of carbonyl (C=O) groups is 1. The fourth-order valence-electron chi connectivity index (χ4n) is 2.13. The molecule has 2 heterocycles. The molecular formula is C12H17N5O3. The molecule has 0 fully saturated rings. The number of rotatable bonds is 4. The molecule has 0 atom stereocenters. The second-order valence-electron chi connectivity index (χ2n) is 4.56. The van der Waals surface area contributed by atoms with Gasteiger partial charge in [0.25, 0.3) is 5.91 Å². The van der Waals surface area contributed by atoms with Crippen LogP contribution in [0.5, 0.6) is 0 Å². The van der Waals surface area contributed by atoms with Gasteiger partial charge in [-0.1, -0.05) is 5.16 Å². The molecule has 0 aromatic carbocycles. The predicted octanol–water partition coefficient (Wildman–Crippen LogP) is 0.468. The number of H-pyrrole nitrogens is 1. The molecule has 1 N–H and O–H groups in total. The number of carbonyl (C=O) groups excluding carboxylic acids is 1. The predicted molar refractivity (Wildman–Crippen MR) is 70.3 cm³/mol. The molecule has 108 valence electrons. The number of aromatic amines is 1. The van der Waals surface area contributed by atoms with Crippen molar-refractivity contribution in [3.63, 3.8) is 0 Å². The number of hydrogen-bond acceptors (Lipinski definition) is 5. The standard InChI is InChI=1S/C12H17N5O3/c1-5-17-8(3)10(7(2)14-17)11(18)16(4)6-9-13-12(19)20-15-9/h5-6H2,1-4H3,(H,13,15,19). The Morgan fingerprint density at radius 1 is 1.45 bits per heavy atom. The summed E-state index contributed by atoms with van der Waals surface area (Å²) in [6, 6.07) is 0. The molecule has 8 nitrogen and oxygen atoms in total. The average Bonchev–Trinajstić information content (AvgIpc) is 2.92. The van der Waals surface area contributed by atoms with Crippen molar-refractivity contribution in [1.82, 2.24) is 24.8 Å². The van der Waals surface area contributed by atoms with Gasteiger partial charge in [0.2, 0.25) is 0 Å². The molecule has 20 heavy (non-hydrogen) atoms. The molecule has 8 heteroatoms. The van der Waals surface area contributed by atoms with Crippen LogP contribution in [0.1, 0.15) is 34.5 Å². The smallest absolute Gasteiger partial charge is 0.334 e. The topological polar surface area (TPSA) is 97.0 Å². The molecule has 0 aliphatic rings. The minimum Gasteiger partial charge on any atom is -0.334 e. The van der Waals surface area contributed by atoms with E-state index in [1.807, 2.05) is 13.8 Å². The van der Waals surface area contributed by atoms with Crippen molar-refractivity contribution in [2.24, 2.45) is 0 Å². The number of nitrogens with zero attached hydrogens (tertiary/aromatic N) is 4. The van der Waals surface area contributed by atoms with Crippen LogP contribution in [-0.4, -0.2) is 37.8 Å². The van der Waals surface area contributed by atoms with E-state index in [4.69, 9.17) is 0 Å². The van der Waals surface area contributed by atoms with Gasteiger partial charge in [-0.3, -0.25) is 19.0 Å². The van der Waals surface area contributed by atoms with Gasteiger partial charge in [-0.2, -0.15) is 5.10 Å². The van der Waals surface area contributed by atoms with E-state index >= 15 is 0 Å². The quantitative estimate of drug-likeness (QED) is 0.877. The van der Waals surface area contributed by atoms with E-state index in [0.717, 1.165) is 5.69 Å². The normalized spacial score (nSPS) is 10.8. The number of amides is 1. The van der Waals surface area contributed by atoms with Gasteiger partial charge in [-0.25, -0.2) is 4.79 Å². The van der Waals surface area contributed by atoms with Crippen LogP contribution in [0.25, 0.3) is 0 Å². The zero-order chi connectivity index (χ0) is 14.9. The summed E-state index contributed by atoms with van der Waals surface area (Å²) in [6.07, 6.45) is 0. The molecule has 0 bridgehead atoms. The molecule has 2 aromatic rings. The second-order valence-corrected chi connectivity index (χ2v) is 4.56. The molecule has 2 rings (SSSR count). The maximum Gasteiger partial charge on any atom is 0.438 e. The zero-order valence-corrected chi connectivity index (χ0v) is 11.9. The molecular weight excluding hydrogens is 262 g/mol. The Hall–Kier alpha value is -2.38. The Kier molecular flexibility index (Phi) is 3.73. The summed E-state index contributed by atoms with van der Waals surface area (Å²) in [7, 11) is 1.64. The highest BCUT2D eigenvalue weighted by molar-refractivity contribution is 5.96. The first kappa shape index (κ1) is 14.0. The molecule has 2 aromatic heterocycles. The lowest BCUT2D eigenvalue weighted by molar-refractivity contribution is 0.0779. The summed E-state index contributed by atoms with van der Waals surface area (Å²) < 4.78 is 6.19. The van der Waals surface area contributed by atoms with Gasteiger partial charge in [0.1, 0.15) is 0 Å². The van der Waals surface area contributed by atoms with E-state index in [2.05, 4.69) is 19.8 Å². The summed E-state index contributed by atoms with van der Waals surface area (Å²) in [5.41, 5.74) is 2.10. The molecule has 0 aliphatic heterocycles. The van der Waals surface area contributed by atoms with Gasteiger partial charge in [-0.15, -0.1) is 0 Å². The van der Waals surface area contributed by atoms with Crippen LogP contribution in [0.15, 0.2) is 9.32 Å². The summed E-state index contributed by atoms with van der Waals surface area (Å²) in [5.74, 6) is -0.486. The molecule has 0 unspecified atom stereocenters. The Morgan fingerprint density at radius 2 is 2.15 bits per heavy atom. The Morgan fingerprint density at radius 3 is 2.65 bits per heavy atom. The maximum atomic E-state index is 12.4. The largest absolute Gasteiger partial charge is 0.438 e. The minimum absolute atomic E-state index is 0.163. The van der Waals surface area contributed by atoms with E-state index in [-0.39, 0.29) is 12.5 Å². The van der Waals surface area contributed by atoms with E-state index in [9.17, 15) is 9.59 Å². The van der Waals surface area contributed by atoms with Crippen LogP contribution < -0.4 is 5.76 Å². The van der Waals surface area contributed by atoms with Crippen molar-refractivity contribution >= 4 is 5.91 Å². The van der Waals surface area contributed by atoms with Crippen molar-refractivity contribution < 1.29 is 9.32 Å². The zero-order valence-electron chi connectivity index (χ0n) is 11.9. The number of nitrogens with one attached hydrogen (secondary N) is 1. The second kappa shape index (κ2) is 5.32. The van der Waals surface area contributed by atoms with E-state index < -0.39 is 5.76 Å². The third-order valence-corrected chi connectivity index (χ3v) is 3.11.